The number of amides is 1. The molecule has 2 N–H and O–H groups in total. The number of aryl methyl sites for hydroxylation is 1. The van der Waals surface area contributed by atoms with E-state index in [2.05, 4.69) is 0 Å². The summed E-state index contributed by atoms with van der Waals surface area (Å²) in [7, 11) is 0. The summed E-state index contributed by atoms with van der Waals surface area (Å²) >= 11 is 0. The lowest BCUT2D eigenvalue weighted by Crippen LogP contribution is -2.42. The van der Waals surface area contributed by atoms with Gasteiger partial charge in [-0.2, -0.15) is 0 Å². The zero-order valence-corrected chi connectivity index (χ0v) is 10.3. The maximum Gasteiger partial charge on any atom is 0.257 e. The van der Waals surface area contributed by atoms with Crippen LogP contribution in [0.2, 0.25) is 0 Å². The Morgan fingerprint density at radius 2 is 2.24 bits per heavy atom. The summed E-state index contributed by atoms with van der Waals surface area (Å²) in [5.74, 6) is 0.753. The lowest BCUT2D eigenvalue weighted by atomic mass is 10.1. The number of rotatable bonds is 4. The molecule has 0 aromatic carbocycles. The Bertz CT molecular complexity index is 381. The van der Waals surface area contributed by atoms with Crippen LogP contribution in [0.25, 0.3) is 0 Å². The zero-order valence-electron chi connectivity index (χ0n) is 10.3. The van der Waals surface area contributed by atoms with E-state index in [1.54, 1.807) is 12.3 Å². The summed E-state index contributed by atoms with van der Waals surface area (Å²) < 4.78 is 5.20. The molecule has 0 saturated heterocycles. The fraction of sp³-hybridized carbons (Fsp3) is 0.615. The van der Waals surface area contributed by atoms with E-state index in [1.807, 2.05) is 11.8 Å². The molecule has 2 rings (SSSR count). The predicted octanol–water partition coefficient (Wildman–Crippen LogP) is 1.93. The number of hydrogen-bond acceptors (Lipinski definition) is 3. The fourth-order valence-corrected chi connectivity index (χ4v) is 2.57. The minimum absolute atomic E-state index is 0.0635. The van der Waals surface area contributed by atoms with Gasteiger partial charge in [0.15, 0.2) is 0 Å². The molecule has 0 aliphatic heterocycles. The second-order valence-corrected chi connectivity index (χ2v) is 4.62. The standard InChI is InChI=1S/C13H20N2O2/c1-10-12(6-9-17-10)13(16)15(8-7-14)11-4-2-3-5-11/h6,9,11H,2-5,7-8,14H2,1H3. The number of nitrogens with two attached hydrogens (primary N) is 1. The molecule has 0 unspecified atom stereocenters. The van der Waals surface area contributed by atoms with Crippen molar-refractivity contribution in [2.24, 2.45) is 5.73 Å². The first-order valence-corrected chi connectivity index (χ1v) is 6.29. The minimum atomic E-state index is 0.0635. The van der Waals surface area contributed by atoms with Crippen LogP contribution < -0.4 is 5.73 Å². The molecule has 1 aromatic rings. The highest BCUT2D eigenvalue weighted by atomic mass is 16.3. The molecular weight excluding hydrogens is 216 g/mol. The molecule has 0 atom stereocenters. The monoisotopic (exact) mass is 236 g/mol. The largest absolute Gasteiger partial charge is 0.469 e. The SMILES string of the molecule is Cc1occc1C(=O)N(CCN)C1CCCC1. The Hall–Kier alpha value is -1.29. The van der Waals surface area contributed by atoms with E-state index in [0.717, 1.165) is 12.8 Å². The van der Waals surface area contributed by atoms with Gasteiger partial charge in [-0.15, -0.1) is 0 Å². The first kappa shape index (κ1) is 12.2. The molecule has 4 heteroatoms. The summed E-state index contributed by atoms with van der Waals surface area (Å²) in [5.41, 5.74) is 6.28. The van der Waals surface area contributed by atoms with Crippen LogP contribution in [0.15, 0.2) is 16.7 Å². The van der Waals surface area contributed by atoms with E-state index in [4.69, 9.17) is 10.2 Å². The normalized spacial score (nSPS) is 16.4. The third kappa shape index (κ3) is 2.52. The average molecular weight is 236 g/mol. The first-order valence-electron chi connectivity index (χ1n) is 6.29. The molecule has 17 heavy (non-hydrogen) atoms. The molecule has 0 radical (unpaired) electrons. The van der Waals surface area contributed by atoms with Crippen molar-refractivity contribution in [2.75, 3.05) is 13.1 Å². The van der Waals surface area contributed by atoms with Crippen molar-refractivity contribution in [3.8, 4) is 0 Å². The van der Waals surface area contributed by atoms with Gasteiger partial charge in [0.1, 0.15) is 5.76 Å². The second kappa shape index (κ2) is 5.36. The maximum absolute atomic E-state index is 12.4. The van der Waals surface area contributed by atoms with Crippen molar-refractivity contribution < 1.29 is 9.21 Å². The Kier molecular flexibility index (Phi) is 3.84. The molecule has 94 valence electrons. The Morgan fingerprint density at radius 3 is 2.76 bits per heavy atom. The van der Waals surface area contributed by atoms with Gasteiger partial charge >= 0.3 is 0 Å². The van der Waals surface area contributed by atoms with Crippen LogP contribution >= 0.6 is 0 Å². The zero-order chi connectivity index (χ0) is 12.3. The molecule has 1 aliphatic carbocycles. The summed E-state index contributed by atoms with van der Waals surface area (Å²) in [6.07, 6.45) is 6.19. The van der Waals surface area contributed by atoms with Crippen LogP contribution in [0.3, 0.4) is 0 Å². The van der Waals surface area contributed by atoms with Crippen LogP contribution in [-0.2, 0) is 0 Å². The molecule has 1 aromatic heterocycles. The number of furan rings is 1. The summed E-state index contributed by atoms with van der Waals surface area (Å²) in [6, 6.07) is 2.11. The molecule has 1 heterocycles. The smallest absolute Gasteiger partial charge is 0.257 e. The lowest BCUT2D eigenvalue weighted by molar-refractivity contribution is 0.0686. The van der Waals surface area contributed by atoms with Crippen LogP contribution in [-0.4, -0.2) is 29.9 Å². The maximum atomic E-state index is 12.4. The van der Waals surface area contributed by atoms with E-state index in [1.165, 1.54) is 12.8 Å². The molecule has 1 saturated carbocycles. The van der Waals surface area contributed by atoms with Crippen molar-refractivity contribution in [3.05, 3.63) is 23.7 Å². The average Bonchev–Trinajstić information content (AvgIpc) is 2.95. The topological polar surface area (TPSA) is 59.5 Å². The van der Waals surface area contributed by atoms with Crippen molar-refractivity contribution >= 4 is 5.91 Å². The number of carbonyl (C=O) groups excluding carboxylic acids is 1. The van der Waals surface area contributed by atoms with Crippen molar-refractivity contribution in [1.82, 2.24) is 4.90 Å². The third-order valence-corrected chi connectivity index (χ3v) is 3.49. The second-order valence-electron chi connectivity index (χ2n) is 4.62. The van der Waals surface area contributed by atoms with E-state index in [9.17, 15) is 4.79 Å². The molecule has 0 spiro atoms. The van der Waals surface area contributed by atoms with Crippen LogP contribution in [0, 0.1) is 6.92 Å². The van der Waals surface area contributed by atoms with Gasteiger partial charge in [0.25, 0.3) is 5.91 Å². The number of hydrogen-bond donors (Lipinski definition) is 1. The van der Waals surface area contributed by atoms with Gasteiger partial charge < -0.3 is 15.1 Å². The lowest BCUT2D eigenvalue weighted by Gasteiger charge is -2.28. The summed E-state index contributed by atoms with van der Waals surface area (Å²) in [5, 5.41) is 0. The van der Waals surface area contributed by atoms with E-state index < -0.39 is 0 Å². The van der Waals surface area contributed by atoms with Gasteiger partial charge in [-0.1, -0.05) is 12.8 Å². The van der Waals surface area contributed by atoms with Crippen LogP contribution in [0.5, 0.6) is 0 Å². The van der Waals surface area contributed by atoms with Gasteiger partial charge in [-0.25, -0.2) is 0 Å². The van der Waals surface area contributed by atoms with E-state index in [-0.39, 0.29) is 5.91 Å². The third-order valence-electron chi connectivity index (χ3n) is 3.49. The first-order chi connectivity index (χ1) is 8.24. The van der Waals surface area contributed by atoms with Crippen molar-refractivity contribution in [1.29, 1.82) is 0 Å². The van der Waals surface area contributed by atoms with Crippen molar-refractivity contribution in [2.45, 2.75) is 38.6 Å². The molecular formula is C13H20N2O2. The van der Waals surface area contributed by atoms with Gasteiger partial charge in [-0.3, -0.25) is 4.79 Å². The highest BCUT2D eigenvalue weighted by Crippen LogP contribution is 2.25. The Labute approximate surface area is 102 Å². The van der Waals surface area contributed by atoms with Gasteiger partial charge in [-0.05, 0) is 25.8 Å². The highest BCUT2D eigenvalue weighted by Gasteiger charge is 2.28. The fourth-order valence-electron chi connectivity index (χ4n) is 2.57. The molecule has 1 aliphatic rings. The van der Waals surface area contributed by atoms with E-state index in [0.29, 0.717) is 30.5 Å². The van der Waals surface area contributed by atoms with Gasteiger partial charge in [0.05, 0.1) is 11.8 Å². The predicted molar refractivity (Wildman–Crippen MR) is 65.8 cm³/mol. The molecule has 0 bridgehead atoms. The Balaban J connectivity index is 2.15. The molecule has 1 amide bonds. The highest BCUT2D eigenvalue weighted by molar-refractivity contribution is 5.95. The minimum Gasteiger partial charge on any atom is -0.469 e. The summed E-state index contributed by atoms with van der Waals surface area (Å²) in [4.78, 5) is 14.3. The Morgan fingerprint density at radius 1 is 1.53 bits per heavy atom. The van der Waals surface area contributed by atoms with Crippen molar-refractivity contribution in [3.63, 3.8) is 0 Å². The number of carbonyl (C=O) groups is 1. The molecule has 1 fully saturated rings. The van der Waals surface area contributed by atoms with E-state index >= 15 is 0 Å². The van der Waals surface area contributed by atoms with Crippen LogP contribution in [0.1, 0.15) is 41.8 Å². The number of nitrogens with zero attached hydrogens (tertiary/aromatic N) is 1. The van der Waals surface area contributed by atoms with Crippen LogP contribution in [0.4, 0.5) is 0 Å². The molecule has 4 nitrogen and oxygen atoms in total. The van der Waals surface area contributed by atoms with Gasteiger partial charge in [0, 0.05) is 19.1 Å². The quantitative estimate of drug-likeness (QED) is 0.869. The van der Waals surface area contributed by atoms with Gasteiger partial charge in [0.2, 0.25) is 0 Å². The summed E-state index contributed by atoms with van der Waals surface area (Å²) in [6.45, 7) is 2.97.